The second-order valence-corrected chi connectivity index (χ2v) is 4.53. The Morgan fingerprint density at radius 3 is 1.94 bits per heavy atom. The van der Waals surface area contributed by atoms with Gasteiger partial charge in [-0.25, -0.2) is 0 Å². The van der Waals surface area contributed by atoms with Crippen molar-refractivity contribution in [3.63, 3.8) is 0 Å². The normalized spacial score (nSPS) is 17.4. The van der Waals surface area contributed by atoms with Crippen molar-refractivity contribution in [2.75, 3.05) is 19.8 Å². The van der Waals surface area contributed by atoms with Crippen LogP contribution in [0.1, 0.15) is 34.6 Å². The van der Waals surface area contributed by atoms with Crippen molar-refractivity contribution in [2.45, 2.75) is 59.0 Å². The highest BCUT2D eigenvalue weighted by Crippen LogP contribution is 2.01. The number of hydrogen-bond donors (Lipinski definition) is 1. The van der Waals surface area contributed by atoms with E-state index in [1.54, 1.807) is 6.92 Å². The zero-order valence-electron chi connectivity index (χ0n) is 11.1. The third kappa shape index (κ3) is 10.4. The van der Waals surface area contributed by atoms with Crippen LogP contribution in [-0.4, -0.2) is 49.3 Å². The molecule has 0 aromatic carbocycles. The molecule has 0 rings (SSSR count). The van der Waals surface area contributed by atoms with E-state index in [0.717, 1.165) is 0 Å². The summed E-state index contributed by atoms with van der Waals surface area (Å²) in [4.78, 5) is 0. The Hall–Kier alpha value is -0.160. The van der Waals surface area contributed by atoms with Gasteiger partial charge in [-0.3, -0.25) is 0 Å². The SMILES string of the molecule is CC(O)COCC(C)OC(C)COC(C)C. The monoisotopic (exact) mass is 234 g/mol. The Bertz CT molecular complexity index is 159. The topological polar surface area (TPSA) is 47.9 Å². The predicted molar refractivity (Wildman–Crippen MR) is 63.6 cm³/mol. The van der Waals surface area contributed by atoms with Crippen LogP contribution < -0.4 is 0 Å². The molecule has 98 valence electrons. The average Bonchev–Trinajstić information content (AvgIpc) is 2.14. The Balaban J connectivity index is 3.50. The van der Waals surface area contributed by atoms with Gasteiger partial charge < -0.3 is 19.3 Å². The van der Waals surface area contributed by atoms with Crippen LogP contribution in [0.3, 0.4) is 0 Å². The van der Waals surface area contributed by atoms with Crippen LogP contribution >= 0.6 is 0 Å². The Morgan fingerprint density at radius 1 is 0.875 bits per heavy atom. The first-order chi connectivity index (χ1) is 7.41. The predicted octanol–water partition coefficient (Wildman–Crippen LogP) is 1.60. The minimum atomic E-state index is -0.422. The fourth-order valence-electron chi connectivity index (χ4n) is 1.21. The van der Waals surface area contributed by atoms with Gasteiger partial charge in [-0.1, -0.05) is 0 Å². The fraction of sp³-hybridized carbons (Fsp3) is 1.00. The van der Waals surface area contributed by atoms with Crippen LogP contribution in [0.5, 0.6) is 0 Å². The summed E-state index contributed by atoms with van der Waals surface area (Å²) >= 11 is 0. The van der Waals surface area contributed by atoms with Gasteiger partial charge in [-0.15, -0.1) is 0 Å². The Morgan fingerprint density at radius 2 is 1.44 bits per heavy atom. The number of hydrogen-bond acceptors (Lipinski definition) is 4. The lowest BCUT2D eigenvalue weighted by Crippen LogP contribution is -2.27. The van der Waals surface area contributed by atoms with E-state index >= 15 is 0 Å². The molecule has 3 unspecified atom stereocenters. The average molecular weight is 234 g/mol. The van der Waals surface area contributed by atoms with Gasteiger partial charge in [0.2, 0.25) is 0 Å². The van der Waals surface area contributed by atoms with Crippen LogP contribution in [0.2, 0.25) is 0 Å². The molecule has 0 fully saturated rings. The van der Waals surface area contributed by atoms with Crippen molar-refractivity contribution in [3.8, 4) is 0 Å². The largest absolute Gasteiger partial charge is 0.391 e. The highest BCUT2D eigenvalue weighted by atomic mass is 16.6. The molecule has 0 bridgehead atoms. The molecular formula is C12H26O4. The zero-order chi connectivity index (χ0) is 12.6. The van der Waals surface area contributed by atoms with Crippen LogP contribution in [0.25, 0.3) is 0 Å². The number of ether oxygens (including phenoxy) is 3. The standard InChI is InChI=1S/C12H26O4/c1-9(2)15-8-12(5)16-11(4)7-14-6-10(3)13/h9-13H,6-8H2,1-5H3. The van der Waals surface area contributed by atoms with Crippen molar-refractivity contribution in [1.82, 2.24) is 0 Å². The van der Waals surface area contributed by atoms with Gasteiger partial charge in [-0.2, -0.15) is 0 Å². The fourth-order valence-corrected chi connectivity index (χ4v) is 1.21. The first-order valence-corrected chi connectivity index (χ1v) is 5.94. The van der Waals surface area contributed by atoms with Crippen molar-refractivity contribution in [2.24, 2.45) is 0 Å². The summed E-state index contributed by atoms with van der Waals surface area (Å²) in [5, 5.41) is 9.01. The first-order valence-electron chi connectivity index (χ1n) is 5.94. The summed E-state index contributed by atoms with van der Waals surface area (Å²) in [6.07, 6.45) is -0.112. The van der Waals surface area contributed by atoms with E-state index in [2.05, 4.69) is 0 Å². The lowest BCUT2D eigenvalue weighted by Gasteiger charge is -2.20. The second-order valence-electron chi connectivity index (χ2n) is 4.53. The summed E-state index contributed by atoms with van der Waals surface area (Å²) < 4.78 is 16.4. The van der Waals surface area contributed by atoms with Gasteiger partial charge in [-0.05, 0) is 34.6 Å². The van der Waals surface area contributed by atoms with Crippen LogP contribution in [0.15, 0.2) is 0 Å². The Labute approximate surface area is 98.9 Å². The van der Waals surface area contributed by atoms with Crippen LogP contribution in [0, 0.1) is 0 Å². The summed E-state index contributed by atoms with van der Waals surface area (Å²) in [6, 6.07) is 0. The molecule has 0 heterocycles. The molecule has 0 amide bonds. The van der Waals surface area contributed by atoms with Gasteiger partial charge in [0, 0.05) is 0 Å². The van der Waals surface area contributed by atoms with E-state index in [4.69, 9.17) is 19.3 Å². The van der Waals surface area contributed by atoms with Crippen LogP contribution in [-0.2, 0) is 14.2 Å². The third-order valence-electron chi connectivity index (χ3n) is 1.84. The number of rotatable bonds is 9. The minimum absolute atomic E-state index is 0.0181. The highest BCUT2D eigenvalue weighted by molar-refractivity contribution is 4.55. The van der Waals surface area contributed by atoms with Gasteiger partial charge in [0.05, 0.1) is 44.2 Å². The molecule has 3 atom stereocenters. The molecule has 0 radical (unpaired) electrons. The summed E-state index contributed by atoms with van der Waals surface area (Å²) in [7, 11) is 0. The molecule has 4 heteroatoms. The summed E-state index contributed by atoms with van der Waals surface area (Å²) in [5.41, 5.74) is 0. The highest BCUT2D eigenvalue weighted by Gasteiger charge is 2.10. The maximum atomic E-state index is 9.01. The van der Waals surface area contributed by atoms with Crippen molar-refractivity contribution in [1.29, 1.82) is 0 Å². The zero-order valence-corrected chi connectivity index (χ0v) is 11.1. The van der Waals surface area contributed by atoms with Gasteiger partial charge >= 0.3 is 0 Å². The molecular weight excluding hydrogens is 208 g/mol. The van der Waals surface area contributed by atoms with E-state index in [9.17, 15) is 0 Å². The van der Waals surface area contributed by atoms with Gasteiger partial charge in [0.1, 0.15) is 0 Å². The van der Waals surface area contributed by atoms with E-state index in [1.807, 2.05) is 27.7 Å². The molecule has 4 nitrogen and oxygen atoms in total. The molecule has 0 aliphatic rings. The van der Waals surface area contributed by atoms with Crippen molar-refractivity contribution < 1.29 is 19.3 Å². The molecule has 0 spiro atoms. The second kappa shape index (κ2) is 8.93. The molecule has 0 aromatic heterocycles. The maximum Gasteiger partial charge on any atom is 0.0785 e. The minimum Gasteiger partial charge on any atom is -0.391 e. The third-order valence-corrected chi connectivity index (χ3v) is 1.84. The Kier molecular flexibility index (Phi) is 8.84. The summed E-state index contributed by atoms with van der Waals surface area (Å²) in [6.45, 7) is 11.1. The van der Waals surface area contributed by atoms with E-state index in [-0.39, 0.29) is 18.3 Å². The lowest BCUT2D eigenvalue weighted by molar-refractivity contribution is -0.0851. The first kappa shape index (κ1) is 15.8. The number of aliphatic hydroxyl groups is 1. The lowest BCUT2D eigenvalue weighted by atomic mass is 10.3. The molecule has 0 aromatic rings. The summed E-state index contributed by atoms with van der Waals surface area (Å²) in [5.74, 6) is 0. The van der Waals surface area contributed by atoms with Gasteiger partial charge in [0.15, 0.2) is 0 Å². The molecule has 16 heavy (non-hydrogen) atoms. The number of aliphatic hydroxyl groups excluding tert-OH is 1. The molecule has 0 saturated carbocycles. The molecule has 0 aliphatic heterocycles. The maximum absolute atomic E-state index is 9.01. The van der Waals surface area contributed by atoms with Gasteiger partial charge in [0.25, 0.3) is 0 Å². The molecule has 1 N–H and O–H groups in total. The van der Waals surface area contributed by atoms with Crippen LogP contribution in [0.4, 0.5) is 0 Å². The van der Waals surface area contributed by atoms with E-state index in [0.29, 0.717) is 19.8 Å². The smallest absolute Gasteiger partial charge is 0.0785 e. The quantitative estimate of drug-likeness (QED) is 0.658. The molecule has 0 saturated heterocycles. The van der Waals surface area contributed by atoms with Crippen molar-refractivity contribution in [3.05, 3.63) is 0 Å². The van der Waals surface area contributed by atoms with Crippen molar-refractivity contribution >= 4 is 0 Å². The molecule has 0 aliphatic carbocycles. The van der Waals surface area contributed by atoms with E-state index < -0.39 is 6.10 Å². The van der Waals surface area contributed by atoms with E-state index in [1.165, 1.54) is 0 Å².